The van der Waals surface area contributed by atoms with Gasteiger partial charge in [0.05, 0.1) is 11.6 Å². The molecule has 4 heteroatoms. The van der Waals surface area contributed by atoms with Crippen LogP contribution >= 0.6 is 0 Å². The number of aromatic nitrogens is 1. The number of benzene rings is 1. The Morgan fingerprint density at radius 2 is 1.96 bits per heavy atom. The molecule has 2 N–H and O–H groups in total. The molecule has 1 aromatic heterocycles. The summed E-state index contributed by atoms with van der Waals surface area (Å²) in [5.41, 5.74) is 3.54. The summed E-state index contributed by atoms with van der Waals surface area (Å²) < 4.78 is 0. The molecular weight excluding hydrogens is 308 g/mol. The maximum atomic E-state index is 8.49. The fraction of sp³-hybridized carbons (Fsp3) is 0.190. The number of hydrogen-bond donors (Lipinski definition) is 2. The van der Waals surface area contributed by atoms with E-state index in [1.54, 1.807) is 31.3 Å². The Balaban J connectivity index is 0.000000362. The zero-order valence-corrected chi connectivity index (χ0v) is 15.2. The molecule has 0 bridgehead atoms. The lowest BCUT2D eigenvalue weighted by molar-refractivity contribution is 0.818. The highest BCUT2D eigenvalue weighted by molar-refractivity contribution is 5.90. The lowest BCUT2D eigenvalue weighted by atomic mass is 10.1. The molecule has 0 aliphatic heterocycles. The number of rotatable bonds is 4. The Kier molecular flexibility index (Phi) is 12.8. The number of aryl methyl sites for hydroxylation is 1. The first-order valence-corrected chi connectivity index (χ1v) is 7.89. The van der Waals surface area contributed by atoms with Crippen molar-refractivity contribution in [2.45, 2.75) is 20.4 Å². The molecule has 0 fully saturated rings. The fourth-order valence-corrected chi connectivity index (χ4v) is 1.56. The van der Waals surface area contributed by atoms with Crippen molar-refractivity contribution in [3.05, 3.63) is 90.3 Å². The largest absolute Gasteiger partial charge is 0.316 e. The van der Waals surface area contributed by atoms with Crippen molar-refractivity contribution >= 4 is 5.71 Å². The van der Waals surface area contributed by atoms with E-state index in [4.69, 9.17) is 10.7 Å². The lowest BCUT2D eigenvalue weighted by Gasteiger charge is -1.97. The number of pyridine rings is 1. The van der Waals surface area contributed by atoms with Crippen LogP contribution in [0.25, 0.3) is 0 Å². The Morgan fingerprint density at radius 3 is 2.28 bits per heavy atom. The molecule has 0 saturated heterocycles. The summed E-state index contributed by atoms with van der Waals surface area (Å²) >= 11 is 0. The summed E-state index contributed by atoms with van der Waals surface area (Å²) in [6.07, 6.45) is 6.86. The van der Waals surface area contributed by atoms with Crippen LogP contribution in [0.5, 0.6) is 0 Å². The van der Waals surface area contributed by atoms with Crippen LogP contribution in [-0.2, 0) is 6.54 Å². The van der Waals surface area contributed by atoms with E-state index in [1.165, 1.54) is 5.56 Å². The molecule has 0 radical (unpaired) electrons. The molecule has 1 aromatic carbocycles. The zero-order valence-electron chi connectivity index (χ0n) is 15.2. The monoisotopic (exact) mass is 334 g/mol. The van der Waals surface area contributed by atoms with Crippen molar-refractivity contribution in [2.75, 3.05) is 7.05 Å². The van der Waals surface area contributed by atoms with Gasteiger partial charge in [0, 0.05) is 24.1 Å². The second kappa shape index (κ2) is 14.6. The quantitative estimate of drug-likeness (QED) is 0.641. The Labute approximate surface area is 151 Å². The molecule has 0 aliphatic carbocycles. The Morgan fingerprint density at radius 1 is 1.28 bits per heavy atom. The summed E-state index contributed by atoms with van der Waals surface area (Å²) in [7, 11) is 1.90. The van der Waals surface area contributed by atoms with Crippen molar-refractivity contribution in [3.63, 3.8) is 0 Å². The third-order valence-corrected chi connectivity index (χ3v) is 2.76. The van der Waals surface area contributed by atoms with Gasteiger partial charge < -0.3 is 10.7 Å². The van der Waals surface area contributed by atoms with E-state index in [9.17, 15) is 0 Å². The molecular formula is C21H26N4. The van der Waals surface area contributed by atoms with Crippen LogP contribution in [0, 0.1) is 23.7 Å². The van der Waals surface area contributed by atoms with Crippen molar-refractivity contribution in [2.24, 2.45) is 0 Å². The van der Waals surface area contributed by atoms with Crippen LogP contribution in [0.3, 0.4) is 0 Å². The molecule has 4 nitrogen and oxygen atoms in total. The topological polar surface area (TPSA) is 72.6 Å². The van der Waals surface area contributed by atoms with Gasteiger partial charge in [0.25, 0.3) is 0 Å². The minimum absolute atomic E-state index is 0.555. The van der Waals surface area contributed by atoms with E-state index >= 15 is 0 Å². The van der Waals surface area contributed by atoms with Crippen LogP contribution < -0.4 is 5.32 Å². The van der Waals surface area contributed by atoms with Gasteiger partial charge in [-0.25, -0.2) is 0 Å². The highest BCUT2D eigenvalue weighted by Gasteiger charge is 1.90. The predicted molar refractivity (Wildman–Crippen MR) is 106 cm³/mol. The number of nitriles is 1. The van der Waals surface area contributed by atoms with Gasteiger partial charge in [-0.1, -0.05) is 36.9 Å². The first-order valence-electron chi connectivity index (χ1n) is 7.89. The minimum atomic E-state index is 0.555. The maximum absolute atomic E-state index is 8.49. The van der Waals surface area contributed by atoms with Gasteiger partial charge in [-0.2, -0.15) is 5.26 Å². The molecule has 0 aliphatic rings. The Bertz CT molecular complexity index is 680. The van der Waals surface area contributed by atoms with Crippen molar-refractivity contribution in [1.82, 2.24) is 10.3 Å². The lowest BCUT2D eigenvalue weighted by Crippen LogP contribution is -2.04. The highest BCUT2D eigenvalue weighted by atomic mass is 14.8. The van der Waals surface area contributed by atoms with E-state index in [-0.39, 0.29) is 0 Å². The normalized spacial score (nSPS) is 9.04. The summed E-state index contributed by atoms with van der Waals surface area (Å²) in [6, 6.07) is 15.5. The van der Waals surface area contributed by atoms with Crippen LogP contribution in [0.15, 0.2) is 73.5 Å². The van der Waals surface area contributed by atoms with E-state index in [0.29, 0.717) is 11.3 Å². The van der Waals surface area contributed by atoms with Crippen LogP contribution in [-0.4, -0.2) is 17.7 Å². The fourth-order valence-electron chi connectivity index (χ4n) is 1.56. The Hall–Kier alpha value is -3.03. The van der Waals surface area contributed by atoms with E-state index in [0.717, 1.165) is 12.2 Å². The van der Waals surface area contributed by atoms with E-state index in [1.807, 2.05) is 56.4 Å². The van der Waals surface area contributed by atoms with Gasteiger partial charge in [0.2, 0.25) is 0 Å². The first-order chi connectivity index (χ1) is 12.0. The first kappa shape index (κ1) is 22.0. The summed E-state index contributed by atoms with van der Waals surface area (Å²) in [6.45, 7) is 8.00. The zero-order chi connectivity index (χ0) is 18.9. The van der Waals surface area contributed by atoms with Crippen LogP contribution in [0.2, 0.25) is 0 Å². The molecule has 1 heterocycles. The molecule has 130 valence electrons. The summed E-state index contributed by atoms with van der Waals surface area (Å²) in [5, 5.41) is 18.4. The van der Waals surface area contributed by atoms with E-state index in [2.05, 4.69) is 22.9 Å². The van der Waals surface area contributed by atoms with Crippen LogP contribution in [0.1, 0.15) is 23.7 Å². The smallest absolute Gasteiger partial charge is 0.0991 e. The average molecular weight is 334 g/mol. The van der Waals surface area contributed by atoms with Gasteiger partial charge in [-0.05, 0) is 56.8 Å². The van der Waals surface area contributed by atoms with Crippen LogP contribution in [0.4, 0.5) is 0 Å². The average Bonchev–Trinajstić information content (AvgIpc) is 2.62. The molecule has 25 heavy (non-hydrogen) atoms. The highest BCUT2D eigenvalue weighted by Crippen LogP contribution is 2.01. The number of allylic oxidation sites excluding steroid dienone is 3. The molecule has 0 atom stereocenters. The number of nitrogens with zero attached hydrogens (tertiary/aromatic N) is 2. The third-order valence-electron chi connectivity index (χ3n) is 2.76. The van der Waals surface area contributed by atoms with Gasteiger partial charge >= 0.3 is 0 Å². The minimum Gasteiger partial charge on any atom is -0.316 e. The van der Waals surface area contributed by atoms with Crippen molar-refractivity contribution < 1.29 is 0 Å². The summed E-state index contributed by atoms with van der Waals surface area (Å²) in [5.74, 6) is 0. The third kappa shape index (κ3) is 13.1. The standard InChI is InChI=1S/C9H10N2.C6H7N.C6H9N/c1-11-7-9-4-2-8(6-10)3-5-9;1-6-4-2-3-5-7-6;1-3-4-5-6(2)7/h2-5,11H,7H2,1H3;2-5H,1H3;3-5,7H,1H2,2H3/b;;5-4-,7-6?. The molecule has 0 unspecified atom stereocenters. The second-order valence-electron chi connectivity index (χ2n) is 5.09. The number of nitrogens with one attached hydrogen (secondary N) is 2. The van der Waals surface area contributed by atoms with Gasteiger partial charge in [0.1, 0.15) is 0 Å². The summed E-state index contributed by atoms with van der Waals surface area (Å²) in [4.78, 5) is 3.98. The second-order valence-corrected chi connectivity index (χ2v) is 5.09. The SMILES string of the molecule is C=C/C=C\C(C)=N.CNCc1ccc(C#N)cc1.Cc1ccccn1. The molecule has 0 amide bonds. The van der Waals surface area contributed by atoms with E-state index < -0.39 is 0 Å². The van der Waals surface area contributed by atoms with Gasteiger partial charge in [-0.15, -0.1) is 0 Å². The molecule has 0 saturated carbocycles. The van der Waals surface area contributed by atoms with Crippen molar-refractivity contribution in [1.29, 1.82) is 10.7 Å². The van der Waals surface area contributed by atoms with Gasteiger partial charge in [-0.3, -0.25) is 4.98 Å². The maximum Gasteiger partial charge on any atom is 0.0991 e. The molecule has 2 rings (SSSR count). The predicted octanol–water partition coefficient (Wildman–Crippen LogP) is 4.44. The molecule has 2 aromatic rings. The van der Waals surface area contributed by atoms with Gasteiger partial charge in [0.15, 0.2) is 0 Å². The number of hydrogen-bond acceptors (Lipinski definition) is 4. The van der Waals surface area contributed by atoms with Crippen molar-refractivity contribution in [3.8, 4) is 6.07 Å². The molecule has 0 spiro atoms.